The molecule has 0 N–H and O–H groups in total. The molecule has 0 unspecified atom stereocenters. The fourth-order valence-electron chi connectivity index (χ4n) is 4.17. The Balaban J connectivity index is 1.54. The number of carbonyl (C=O) groups excluding carboxylic acids is 1. The predicted molar refractivity (Wildman–Crippen MR) is 116 cm³/mol. The lowest BCUT2D eigenvalue weighted by molar-refractivity contribution is -0.117. The molecular formula is C24H19ClFN3O. The maximum absolute atomic E-state index is 14.3. The second-order valence-corrected chi connectivity index (χ2v) is 7.97. The van der Waals surface area contributed by atoms with Crippen LogP contribution in [0.5, 0.6) is 0 Å². The minimum absolute atomic E-state index is 0.0912. The van der Waals surface area contributed by atoms with Gasteiger partial charge >= 0.3 is 0 Å². The van der Waals surface area contributed by atoms with Crippen molar-refractivity contribution in [1.82, 2.24) is 9.55 Å². The van der Waals surface area contributed by atoms with E-state index in [4.69, 9.17) is 16.6 Å². The van der Waals surface area contributed by atoms with E-state index in [1.165, 1.54) is 11.0 Å². The summed E-state index contributed by atoms with van der Waals surface area (Å²) in [6.45, 7) is 0.999. The molecule has 3 aromatic carbocycles. The van der Waals surface area contributed by atoms with Crippen molar-refractivity contribution in [2.45, 2.75) is 18.9 Å². The molecule has 4 nitrogen and oxygen atoms in total. The number of anilines is 1. The molecule has 4 aromatic rings. The lowest BCUT2D eigenvalue weighted by Gasteiger charge is -2.18. The minimum atomic E-state index is -0.390. The maximum Gasteiger partial charge on any atom is 0.227 e. The van der Waals surface area contributed by atoms with E-state index >= 15 is 0 Å². The number of amides is 1. The first kappa shape index (κ1) is 18.8. The van der Waals surface area contributed by atoms with Gasteiger partial charge in [0.05, 0.1) is 16.7 Å². The predicted octanol–water partition coefficient (Wildman–Crippen LogP) is 5.40. The summed E-state index contributed by atoms with van der Waals surface area (Å²) < 4.78 is 16.4. The third-order valence-corrected chi connectivity index (χ3v) is 5.78. The smallest absolute Gasteiger partial charge is 0.227 e. The molecule has 0 saturated carbocycles. The number of hydrogen-bond acceptors (Lipinski definition) is 2. The van der Waals surface area contributed by atoms with Crippen molar-refractivity contribution in [3.63, 3.8) is 0 Å². The number of nitrogens with zero attached hydrogens (tertiary/aromatic N) is 3. The number of rotatable bonds is 4. The second kappa shape index (κ2) is 7.58. The van der Waals surface area contributed by atoms with E-state index in [2.05, 4.69) is 4.57 Å². The third kappa shape index (κ3) is 3.35. The molecule has 6 heteroatoms. The number of imidazole rings is 1. The van der Waals surface area contributed by atoms with E-state index in [0.717, 1.165) is 22.4 Å². The van der Waals surface area contributed by atoms with Gasteiger partial charge in [-0.25, -0.2) is 9.37 Å². The zero-order chi connectivity index (χ0) is 20.7. The average molecular weight is 420 g/mol. The molecule has 1 saturated heterocycles. The van der Waals surface area contributed by atoms with E-state index < -0.39 is 0 Å². The van der Waals surface area contributed by atoms with Gasteiger partial charge in [0.2, 0.25) is 5.91 Å². The van der Waals surface area contributed by atoms with Crippen LogP contribution in [0.1, 0.15) is 23.7 Å². The van der Waals surface area contributed by atoms with Crippen LogP contribution in [0.3, 0.4) is 0 Å². The lowest BCUT2D eigenvalue weighted by Crippen LogP contribution is -2.25. The molecule has 1 aromatic heterocycles. The Bertz CT molecular complexity index is 1250. The topological polar surface area (TPSA) is 38.1 Å². The minimum Gasteiger partial charge on any atom is -0.323 e. The number of aromatic nitrogens is 2. The molecular weight excluding hydrogens is 401 g/mol. The number of para-hydroxylation sites is 3. The van der Waals surface area contributed by atoms with Gasteiger partial charge in [0.25, 0.3) is 0 Å². The van der Waals surface area contributed by atoms with E-state index in [1.54, 1.807) is 18.2 Å². The first-order chi connectivity index (χ1) is 14.6. The van der Waals surface area contributed by atoms with Crippen molar-refractivity contribution in [1.29, 1.82) is 0 Å². The van der Waals surface area contributed by atoms with Crippen LogP contribution in [0.25, 0.3) is 11.0 Å². The molecule has 1 aliphatic rings. The SMILES string of the molecule is O=C1C[C@@H](c2nc3ccccc3n2Cc2cccc(Cl)c2)CN1c1ccccc1F. The highest BCUT2D eigenvalue weighted by atomic mass is 35.5. The van der Waals surface area contributed by atoms with E-state index in [9.17, 15) is 9.18 Å². The van der Waals surface area contributed by atoms with Gasteiger partial charge in [-0.05, 0) is 42.0 Å². The van der Waals surface area contributed by atoms with Crippen molar-refractivity contribution in [3.05, 3.63) is 95.0 Å². The fraction of sp³-hybridized carbons (Fsp3) is 0.167. The van der Waals surface area contributed by atoms with E-state index in [0.29, 0.717) is 30.2 Å². The quantitative estimate of drug-likeness (QED) is 0.444. The first-order valence-corrected chi connectivity index (χ1v) is 10.2. The van der Waals surface area contributed by atoms with Crippen LogP contribution in [0.4, 0.5) is 10.1 Å². The maximum atomic E-state index is 14.3. The molecule has 0 bridgehead atoms. The van der Waals surface area contributed by atoms with Crippen molar-refractivity contribution >= 4 is 34.2 Å². The summed E-state index contributed by atoms with van der Waals surface area (Å²) in [5.41, 5.74) is 3.26. The Morgan fingerprint density at radius 3 is 2.67 bits per heavy atom. The van der Waals surface area contributed by atoms with Gasteiger partial charge in [0, 0.05) is 30.5 Å². The van der Waals surface area contributed by atoms with Crippen LogP contribution in [-0.2, 0) is 11.3 Å². The molecule has 1 aliphatic heterocycles. The number of hydrogen-bond donors (Lipinski definition) is 0. The summed E-state index contributed by atoms with van der Waals surface area (Å²) in [6, 6.07) is 22.1. The Kier molecular flexibility index (Phi) is 4.75. The molecule has 0 radical (unpaired) electrons. The molecule has 30 heavy (non-hydrogen) atoms. The second-order valence-electron chi connectivity index (χ2n) is 7.53. The van der Waals surface area contributed by atoms with Crippen LogP contribution in [0, 0.1) is 5.82 Å². The van der Waals surface area contributed by atoms with Gasteiger partial charge in [-0.1, -0.05) is 48.0 Å². The summed E-state index contributed by atoms with van der Waals surface area (Å²) in [4.78, 5) is 19.1. The zero-order valence-corrected chi connectivity index (χ0v) is 16.9. The summed E-state index contributed by atoms with van der Waals surface area (Å²) in [6.07, 6.45) is 0.299. The Labute approximate surface area is 178 Å². The Hall–Kier alpha value is -3.18. The first-order valence-electron chi connectivity index (χ1n) is 9.84. The van der Waals surface area contributed by atoms with Gasteiger partial charge < -0.3 is 9.47 Å². The highest BCUT2D eigenvalue weighted by Gasteiger charge is 2.35. The third-order valence-electron chi connectivity index (χ3n) is 5.55. The zero-order valence-electron chi connectivity index (χ0n) is 16.1. The number of carbonyl (C=O) groups is 1. The lowest BCUT2D eigenvalue weighted by atomic mass is 10.1. The molecule has 5 rings (SSSR count). The summed E-state index contributed by atoms with van der Waals surface area (Å²) in [5, 5.41) is 0.681. The summed E-state index contributed by atoms with van der Waals surface area (Å²) in [7, 11) is 0. The van der Waals surface area contributed by atoms with Crippen molar-refractivity contribution in [3.8, 4) is 0 Å². The average Bonchev–Trinajstić information content (AvgIpc) is 3.29. The van der Waals surface area contributed by atoms with Crippen molar-refractivity contribution < 1.29 is 9.18 Å². The van der Waals surface area contributed by atoms with Gasteiger partial charge in [0.1, 0.15) is 11.6 Å². The highest BCUT2D eigenvalue weighted by Crippen LogP contribution is 2.34. The molecule has 1 fully saturated rings. The number of benzene rings is 3. The van der Waals surface area contributed by atoms with E-state index in [1.807, 2.05) is 48.5 Å². The van der Waals surface area contributed by atoms with Gasteiger partial charge in [0.15, 0.2) is 0 Å². The van der Waals surface area contributed by atoms with Crippen LogP contribution in [-0.4, -0.2) is 22.0 Å². The highest BCUT2D eigenvalue weighted by molar-refractivity contribution is 6.30. The molecule has 2 heterocycles. The summed E-state index contributed by atoms with van der Waals surface area (Å²) >= 11 is 6.18. The van der Waals surface area contributed by atoms with Gasteiger partial charge in [-0.15, -0.1) is 0 Å². The monoisotopic (exact) mass is 419 g/mol. The van der Waals surface area contributed by atoms with Gasteiger partial charge in [-0.2, -0.15) is 0 Å². The van der Waals surface area contributed by atoms with Crippen molar-refractivity contribution in [2.75, 3.05) is 11.4 Å². The van der Waals surface area contributed by atoms with Crippen LogP contribution in [0.2, 0.25) is 5.02 Å². The van der Waals surface area contributed by atoms with Crippen molar-refractivity contribution in [2.24, 2.45) is 0 Å². The number of halogens is 2. The molecule has 1 amide bonds. The largest absolute Gasteiger partial charge is 0.323 e. The van der Waals surface area contributed by atoms with Crippen LogP contribution < -0.4 is 4.90 Å². The Morgan fingerprint density at radius 2 is 1.83 bits per heavy atom. The number of fused-ring (bicyclic) bond motifs is 1. The van der Waals surface area contributed by atoms with E-state index in [-0.39, 0.29) is 17.6 Å². The Morgan fingerprint density at radius 1 is 1.03 bits per heavy atom. The van der Waals surface area contributed by atoms with Gasteiger partial charge in [-0.3, -0.25) is 4.79 Å². The molecule has 0 spiro atoms. The molecule has 1 atom stereocenters. The van der Waals surface area contributed by atoms with Crippen LogP contribution in [0.15, 0.2) is 72.8 Å². The molecule has 0 aliphatic carbocycles. The fourth-order valence-corrected chi connectivity index (χ4v) is 4.39. The normalized spacial score (nSPS) is 16.5. The van der Waals surface area contributed by atoms with Crippen LogP contribution >= 0.6 is 11.6 Å². The standard InChI is InChI=1S/C24H19ClFN3O/c25-18-7-5-6-16(12-18)14-29-22-11-4-2-9-20(22)27-24(29)17-13-23(30)28(15-17)21-10-3-1-8-19(21)26/h1-12,17H,13-15H2/t17-/m1/s1. The molecule has 150 valence electrons. The summed E-state index contributed by atoms with van der Waals surface area (Å²) in [5.74, 6) is 0.234.